The molecule has 2 aromatic carbocycles. The number of thioether (sulfide) groups is 1. The highest BCUT2D eigenvalue weighted by Crippen LogP contribution is 2.32. The Morgan fingerprint density at radius 2 is 2.00 bits per heavy atom. The predicted molar refractivity (Wildman–Crippen MR) is 115 cm³/mol. The average molecular weight is 428 g/mol. The fraction of sp³-hybridized carbons (Fsp3) is 0.100. The minimum absolute atomic E-state index is 0.0149. The number of nitrogens with zero attached hydrogens (tertiary/aromatic N) is 1. The molecule has 0 aliphatic carbocycles. The third kappa shape index (κ3) is 4.82. The van der Waals surface area contributed by atoms with E-state index in [0.29, 0.717) is 4.91 Å². The van der Waals surface area contributed by atoms with Crippen molar-refractivity contribution in [2.75, 3.05) is 11.9 Å². The summed E-state index contributed by atoms with van der Waals surface area (Å²) < 4.78 is 0.244. The van der Waals surface area contributed by atoms with Crippen LogP contribution >= 0.6 is 24.0 Å². The van der Waals surface area contributed by atoms with Gasteiger partial charge in [0.05, 0.1) is 16.2 Å². The smallest absolute Gasteiger partial charge is 0.337 e. The summed E-state index contributed by atoms with van der Waals surface area (Å²) in [6.45, 7) is 1.59. The summed E-state index contributed by atoms with van der Waals surface area (Å²) in [6.07, 6.45) is 1.71. The number of carbonyl (C=O) groups excluding carboxylic acids is 2. The van der Waals surface area contributed by atoms with E-state index in [-0.39, 0.29) is 33.8 Å². The number of nitrogens with one attached hydrogen (secondary N) is 1. The molecule has 148 valence electrons. The molecule has 9 heteroatoms. The lowest BCUT2D eigenvalue weighted by molar-refractivity contribution is -0.126. The maximum absolute atomic E-state index is 12.7. The molecule has 2 aromatic rings. The van der Waals surface area contributed by atoms with Crippen molar-refractivity contribution in [3.63, 3.8) is 0 Å². The van der Waals surface area contributed by atoms with Gasteiger partial charge in [0.1, 0.15) is 16.6 Å². The highest BCUT2D eigenvalue weighted by molar-refractivity contribution is 8.26. The van der Waals surface area contributed by atoms with Crippen LogP contribution in [0.5, 0.6) is 5.75 Å². The number of hydrogen-bond donors (Lipinski definition) is 3. The van der Waals surface area contributed by atoms with Gasteiger partial charge >= 0.3 is 5.97 Å². The zero-order valence-corrected chi connectivity index (χ0v) is 16.8. The molecule has 0 radical (unpaired) electrons. The summed E-state index contributed by atoms with van der Waals surface area (Å²) >= 11 is 6.33. The van der Waals surface area contributed by atoms with Crippen molar-refractivity contribution in [2.45, 2.75) is 6.92 Å². The number of aromatic hydroxyl groups is 1. The number of amides is 2. The summed E-state index contributed by atoms with van der Waals surface area (Å²) in [5.41, 5.74) is 1.66. The molecule has 0 saturated carbocycles. The lowest BCUT2D eigenvalue weighted by atomic mass is 10.1. The Labute approximate surface area is 176 Å². The van der Waals surface area contributed by atoms with Crippen LogP contribution in [0.3, 0.4) is 0 Å². The summed E-state index contributed by atoms with van der Waals surface area (Å²) in [5.74, 6) is -2.53. The van der Waals surface area contributed by atoms with E-state index in [1.165, 1.54) is 12.1 Å². The fourth-order valence-electron chi connectivity index (χ4n) is 2.70. The van der Waals surface area contributed by atoms with Crippen molar-refractivity contribution in [1.82, 2.24) is 4.90 Å². The number of carboxylic acid groups (broad SMARTS) is 1. The minimum Gasteiger partial charge on any atom is -0.508 e. The summed E-state index contributed by atoms with van der Waals surface area (Å²) in [4.78, 5) is 37.9. The van der Waals surface area contributed by atoms with Crippen LogP contribution in [0.25, 0.3) is 6.08 Å². The van der Waals surface area contributed by atoms with Gasteiger partial charge in [-0.3, -0.25) is 14.5 Å². The molecule has 3 rings (SSSR count). The number of hydrogen-bond acceptors (Lipinski definition) is 6. The lowest BCUT2D eigenvalue weighted by Crippen LogP contribution is -2.36. The van der Waals surface area contributed by atoms with E-state index >= 15 is 0 Å². The number of carboxylic acids is 1. The third-order valence-electron chi connectivity index (χ3n) is 4.02. The quantitative estimate of drug-likeness (QED) is 0.381. The number of phenols is 1. The molecule has 0 spiro atoms. The Kier molecular flexibility index (Phi) is 6.00. The Bertz CT molecular complexity index is 1060. The molecule has 1 heterocycles. The molecular formula is C20H16N2O5S2. The minimum atomic E-state index is -1.30. The number of carbonyl (C=O) groups is 3. The summed E-state index contributed by atoms with van der Waals surface area (Å²) in [5, 5.41) is 21.1. The van der Waals surface area contributed by atoms with Gasteiger partial charge in [-0.1, -0.05) is 53.8 Å². The van der Waals surface area contributed by atoms with Crippen LogP contribution < -0.4 is 5.32 Å². The molecular weight excluding hydrogens is 412 g/mol. The van der Waals surface area contributed by atoms with Gasteiger partial charge < -0.3 is 15.5 Å². The van der Waals surface area contributed by atoms with E-state index in [1.807, 2.05) is 31.2 Å². The second kappa shape index (κ2) is 8.46. The van der Waals surface area contributed by atoms with Crippen LogP contribution in [-0.2, 0) is 9.59 Å². The number of benzene rings is 2. The van der Waals surface area contributed by atoms with Crippen LogP contribution in [-0.4, -0.2) is 43.8 Å². The van der Waals surface area contributed by atoms with E-state index < -0.39 is 11.9 Å². The number of phenolic OH excluding ortho intramolecular Hbond substituents is 1. The summed E-state index contributed by atoms with van der Waals surface area (Å²) in [6, 6.07) is 11.2. The Hall–Kier alpha value is -3.17. The van der Waals surface area contributed by atoms with Gasteiger partial charge in [-0.15, -0.1) is 0 Å². The molecule has 1 fully saturated rings. The van der Waals surface area contributed by atoms with E-state index in [0.717, 1.165) is 33.9 Å². The van der Waals surface area contributed by atoms with Gasteiger partial charge in [0.2, 0.25) is 5.91 Å². The summed E-state index contributed by atoms with van der Waals surface area (Å²) in [7, 11) is 0. The zero-order valence-electron chi connectivity index (χ0n) is 15.2. The second-order valence-corrected chi connectivity index (χ2v) is 7.94. The molecule has 1 aliphatic heterocycles. The van der Waals surface area contributed by atoms with Crippen molar-refractivity contribution in [3.05, 3.63) is 64.1 Å². The molecule has 3 N–H and O–H groups in total. The SMILES string of the molecule is Cc1cccc(/C=C2\SC(=S)N(CC(=O)Nc3ccc(O)cc3C(=O)O)C2=O)c1. The first-order valence-electron chi connectivity index (χ1n) is 8.43. The Morgan fingerprint density at radius 3 is 2.69 bits per heavy atom. The normalized spacial score (nSPS) is 15.1. The topological polar surface area (TPSA) is 107 Å². The highest BCUT2D eigenvalue weighted by atomic mass is 32.2. The van der Waals surface area contributed by atoms with Gasteiger partial charge in [0.15, 0.2) is 0 Å². The molecule has 0 atom stereocenters. The number of aryl methyl sites for hydroxylation is 1. The van der Waals surface area contributed by atoms with Crippen LogP contribution in [0.15, 0.2) is 47.4 Å². The molecule has 2 amide bonds. The Morgan fingerprint density at radius 1 is 1.24 bits per heavy atom. The van der Waals surface area contributed by atoms with E-state index in [9.17, 15) is 24.6 Å². The van der Waals surface area contributed by atoms with Crippen LogP contribution in [0.4, 0.5) is 5.69 Å². The van der Waals surface area contributed by atoms with E-state index in [1.54, 1.807) is 6.08 Å². The first kappa shape index (κ1) is 20.6. The van der Waals surface area contributed by atoms with Gasteiger partial charge in [0.25, 0.3) is 5.91 Å². The van der Waals surface area contributed by atoms with Gasteiger partial charge in [-0.2, -0.15) is 0 Å². The van der Waals surface area contributed by atoms with Gasteiger partial charge in [-0.05, 0) is 36.8 Å². The maximum Gasteiger partial charge on any atom is 0.337 e. The van der Waals surface area contributed by atoms with Crippen molar-refractivity contribution >= 4 is 57.8 Å². The van der Waals surface area contributed by atoms with Crippen molar-refractivity contribution < 1.29 is 24.6 Å². The van der Waals surface area contributed by atoms with Gasteiger partial charge in [0, 0.05) is 0 Å². The number of rotatable bonds is 5. The van der Waals surface area contributed by atoms with E-state index in [2.05, 4.69) is 5.32 Å². The molecule has 0 aromatic heterocycles. The first-order valence-corrected chi connectivity index (χ1v) is 9.65. The fourth-order valence-corrected chi connectivity index (χ4v) is 3.95. The third-order valence-corrected chi connectivity index (χ3v) is 5.40. The van der Waals surface area contributed by atoms with Crippen LogP contribution in [0.2, 0.25) is 0 Å². The zero-order chi connectivity index (χ0) is 21.1. The molecule has 1 aliphatic rings. The van der Waals surface area contributed by atoms with Crippen molar-refractivity contribution in [3.8, 4) is 5.75 Å². The predicted octanol–water partition coefficient (Wildman–Crippen LogP) is 3.24. The number of aromatic carboxylic acids is 1. The average Bonchev–Trinajstić information content (AvgIpc) is 2.90. The number of anilines is 1. The second-order valence-electron chi connectivity index (χ2n) is 6.27. The first-order chi connectivity index (χ1) is 13.7. The molecule has 0 bridgehead atoms. The molecule has 1 saturated heterocycles. The maximum atomic E-state index is 12.7. The standard InChI is InChI=1S/C20H16N2O5S2/c1-11-3-2-4-12(7-11)8-16-18(25)22(20(28)29-16)10-17(24)21-15-6-5-13(23)9-14(15)19(26)27/h2-9,23H,10H2,1H3,(H,21,24)(H,26,27)/b16-8-. The van der Waals surface area contributed by atoms with Gasteiger partial charge in [-0.25, -0.2) is 4.79 Å². The molecule has 7 nitrogen and oxygen atoms in total. The number of thiocarbonyl (C=S) groups is 1. The van der Waals surface area contributed by atoms with Crippen molar-refractivity contribution in [2.24, 2.45) is 0 Å². The Balaban J connectivity index is 1.74. The largest absolute Gasteiger partial charge is 0.508 e. The van der Waals surface area contributed by atoms with E-state index in [4.69, 9.17) is 12.2 Å². The van der Waals surface area contributed by atoms with Crippen LogP contribution in [0.1, 0.15) is 21.5 Å². The monoisotopic (exact) mass is 428 g/mol. The molecule has 0 unspecified atom stereocenters. The van der Waals surface area contributed by atoms with Crippen molar-refractivity contribution in [1.29, 1.82) is 0 Å². The highest BCUT2D eigenvalue weighted by Gasteiger charge is 2.33. The van der Waals surface area contributed by atoms with Crippen LogP contribution in [0, 0.1) is 6.92 Å². The lowest BCUT2D eigenvalue weighted by Gasteiger charge is -2.15. The molecule has 29 heavy (non-hydrogen) atoms.